The van der Waals surface area contributed by atoms with E-state index in [0.29, 0.717) is 10.8 Å². The van der Waals surface area contributed by atoms with Crippen molar-refractivity contribution in [3.63, 3.8) is 0 Å². The van der Waals surface area contributed by atoms with Crippen molar-refractivity contribution in [2.24, 2.45) is 5.92 Å². The maximum absolute atomic E-state index is 11.4. The van der Waals surface area contributed by atoms with E-state index in [4.69, 9.17) is 0 Å². The molecule has 150 valence electrons. The van der Waals surface area contributed by atoms with Gasteiger partial charge in [-0.05, 0) is 48.6 Å². The first-order valence-electron chi connectivity index (χ1n) is 9.96. The molecule has 0 aliphatic carbocycles. The first-order chi connectivity index (χ1) is 14.0. The zero-order valence-electron chi connectivity index (χ0n) is 16.9. The Balaban J connectivity index is 1.84. The molecule has 3 heterocycles. The summed E-state index contributed by atoms with van der Waals surface area (Å²) in [5.41, 5.74) is 5.76. The highest BCUT2D eigenvalue weighted by Gasteiger charge is 2.18. The van der Waals surface area contributed by atoms with Crippen molar-refractivity contribution in [3.05, 3.63) is 59.5 Å². The third-order valence-corrected chi connectivity index (χ3v) is 6.34. The van der Waals surface area contributed by atoms with Crippen molar-refractivity contribution >= 4 is 27.5 Å². The fraction of sp³-hybridized carbons (Fsp3) is 0.304. The molecule has 29 heavy (non-hydrogen) atoms. The SMILES string of the molecule is CCc1cc(-n2ccnc2)ccc1-c1cc2sc(C(=O)O)cc2n1CCC(C)C. The van der Waals surface area contributed by atoms with Gasteiger partial charge in [0.2, 0.25) is 0 Å². The molecule has 0 unspecified atom stereocenters. The van der Waals surface area contributed by atoms with Gasteiger partial charge in [0.15, 0.2) is 0 Å². The Bertz CT molecular complexity index is 1150. The molecule has 3 aromatic heterocycles. The lowest BCUT2D eigenvalue weighted by Gasteiger charge is -2.16. The van der Waals surface area contributed by atoms with Gasteiger partial charge in [-0.15, -0.1) is 11.3 Å². The Morgan fingerprint density at radius 1 is 1.24 bits per heavy atom. The number of carboxylic acid groups (broad SMARTS) is 1. The van der Waals surface area contributed by atoms with E-state index in [9.17, 15) is 9.90 Å². The number of fused-ring (bicyclic) bond motifs is 1. The molecule has 6 heteroatoms. The summed E-state index contributed by atoms with van der Waals surface area (Å²) in [6, 6.07) is 10.5. The second kappa shape index (κ2) is 7.87. The predicted molar refractivity (Wildman–Crippen MR) is 118 cm³/mol. The molecule has 1 N–H and O–H groups in total. The number of aromatic carboxylic acids is 1. The molecule has 4 aromatic rings. The number of rotatable bonds is 7. The van der Waals surface area contributed by atoms with Gasteiger partial charge in [-0.2, -0.15) is 0 Å². The number of nitrogens with zero attached hydrogens (tertiary/aromatic N) is 3. The molecule has 0 atom stereocenters. The van der Waals surface area contributed by atoms with Crippen LogP contribution >= 0.6 is 11.3 Å². The maximum Gasteiger partial charge on any atom is 0.345 e. The Morgan fingerprint density at radius 2 is 2.07 bits per heavy atom. The zero-order valence-corrected chi connectivity index (χ0v) is 17.7. The summed E-state index contributed by atoms with van der Waals surface area (Å²) < 4.78 is 5.34. The van der Waals surface area contributed by atoms with Gasteiger partial charge >= 0.3 is 5.97 Å². The molecule has 0 fully saturated rings. The molecule has 0 amide bonds. The number of thiophene rings is 1. The summed E-state index contributed by atoms with van der Waals surface area (Å²) in [7, 11) is 0. The molecule has 0 aliphatic heterocycles. The van der Waals surface area contributed by atoms with Crippen LogP contribution in [0.5, 0.6) is 0 Å². The Hall–Kier alpha value is -2.86. The van der Waals surface area contributed by atoms with Crippen molar-refractivity contribution in [1.29, 1.82) is 0 Å². The molecule has 4 rings (SSSR count). The first-order valence-corrected chi connectivity index (χ1v) is 10.8. The lowest BCUT2D eigenvalue weighted by Crippen LogP contribution is -2.04. The number of imidazole rings is 1. The minimum absolute atomic E-state index is 0.394. The fourth-order valence-electron chi connectivity index (χ4n) is 3.69. The summed E-state index contributed by atoms with van der Waals surface area (Å²) in [6.07, 6.45) is 7.50. The molecule has 0 aliphatic rings. The van der Waals surface area contributed by atoms with Crippen LogP contribution in [0.3, 0.4) is 0 Å². The van der Waals surface area contributed by atoms with Gasteiger partial charge in [0, 0.05) is 30.2 Å². The number of benzene rings is 1. The third kappa shape index (κ3) is 3.72. The average Bonchev–Trinajstić information content (AvgIpc) is 3.42. The van der Waals surface area contributed by atoms with Crippen LogP contribution in [-0.2, 0) is 13.0 Å². The van der Waals surface area contributed by atoms with Gasteiger partial charge in [-0.1, -0.05) is 26.8 Å². The Morgan fingerprint density at radius 3 is 2.72 bits per heavy atom. The molecule has 0 saturated carbocycles. The Labute approximate surface area is 174 Å². The summed E-state index contributed by atoms with van der Waals surface area (Å²) >= 11 is 1.35. The van der Waals surface area contributed by atoms with Crippen LogP contribution in [0, 0.1) is 5.92 Å². The molecule has 0 bridgehead atoms. The summed E-state index contributed by atoms with van der Waals surface area (Å²) in [6.45, 7) is 7.48. The number of hydrogen-bond acceptors (Lipinski definition) is 3. The number of carbonyl (C=O) groups is 1. The van der Waals surface area contributed by atoms with Gasteiger partial charge in [0.25, 0.3) is 0 Å². The van der Waals surface area contributed by atoms with Gasteiger partial charge in [-0.25, -0.2) is 9.78 Å². The van der Waals surface area contributed by atoms with E-state index < -0.39 is 5.97 Å². The standard InChI is InChI=1S/C23H25N3O2S/c1-4-16-11-17(25-10-8-24-14-25)5-6-18(16)19-12-21-20(13-22(29-21)23(27)28)26(19)9-7-15(2)3/h5-6,8,10-15H,4,7,9H2,1-3H3,(H,27,28). The van der Waals surface area contributed by atoms with Crippen molar-refractivity contribution in [3.8, 4) is 16.9 Å². The largest absolute Gasteiger partial charge is 0.477 e. The van der Waals surface area contributed by atoms with E-state index in [-0.39, 0.29) is 0 Å². The van der Waals surface area contributed by atoms with Crippen LogP contribution in [0.4, 0.5) is 0 Å². The van der Waals surface area contributed by atoms with Crippen LogP contribution < -0.4 is 0 Å². The van der Waals surface area contributed by atoms with Crippen molar-refractivity contribution < 1.29 is 9.90 Å². The second-order valence-corrected chi connectivity index (χ2v) is 8.78. The fourth-order valence-corrected chi connectivity index (χ4v) is 4.63. The number of aromatic nitrogens is 3. The van der Waals surface area contributed by atoms with Crippen LogP contribution in [0.1, 0.15) is 42.4 Å². The lowest BCUT2D eigenvalue weighted by molar-refractivity contribution is 0.0702. The topological polar surface area (TPSA) is 60.1 Å². The molecular weight excluding hydrogens is 382 g/mol. The summed E-state index contributed by atoms with van der Waals surface area (Å²) in [5.74, 6) is -0.283. The maximum atomic E-state index is 11.4. The van der Waals surface area contributed by atoms with Gasteiger partial charge < -0.3 is 14.2 Å². The minimum Gasteiger partial charge on any atom is -0.477 e. The van der Waals surface area contributed by atoms with Crippen LogP contribution in [-0.4, -0.2) is 25.2 Å². The number of carboxylic acids is 1. The van der Waals surface area contributed by atoms with E-state index in [2.05, 4.69) is 54.6 Å². The van der Waals surface area contributed by atoms with Crippen molar-refractivity contribution in [2.75, 3.05) is 0 Å². The monoisotopic (exact) mass is 407 g/mol. The summed E-state index contributed by atoms with van der Waals surface area (Å²) in [4.78, 5) is 16.0. The quantitative estimate of drug-likeness (QED) is 0.417. The smallest absolute Gasteiger partial charge is 0.345 e. The zero-order chi connectivity index (χ0) is 20.5. The molecule has 0 spiro atoms. The third-order valence-electron chi connectivity index (χ3n) is 5.28. The highest BCUT2D eigenvalue weighted by molar-refractivity contribution is 7.20. The lowest BCUT2D eigenvalue weighted by atomic mass is 10.0. The summed E-state index contributed by atoms with van der Waals surface area (Å²) in [5, 5.41) is 9.40. The molecule has 0 saturated heterocycles. The van der Waals surface area contributed by atoms with Gasteiger partial charge in [0.1, 0.15) is 4.88 Å². The highest BCUT2D eigenvalue weighted by atomic mass is 32.1. The second-order valence-electron chi connectivity index (χ2n) is 7.69. The Kier molecular flexibility index (Phi) is 5.28. The van der Waals surface area contributed by atoms with Crippen molar-refractivity contribution in [1.82, 2.24) is 14.1 Å². The predicted octanol–water partition coefficient (Wildman–Crippen LogP) is 5.86. The van der Waals surface area contributed by atoms with Gasteiger partial charge in [-0.3, -0.25) is 0 Å². The van der Waals surface area contributed by atoms with Crippen molar-refractivity contribution in [2.45, 2.75) is 40.2 Å². The molecule has 0 radical (unpaired) electrons. The first kappa shape index (κ1) is 19.5. The number of aryl methyl sites for hydroxylation is 2. The molecule has 1 aromatic carbocycles. The normalized spacial score (nSPS) is 11.6. The van der Waals surface area contributed by atoms with Gasteiger partial charge in [0.05, 0.1) is 22.2 Å². The average molecular weight is 408 g/mol. The minimum atomic E-state index is -0.859. The van der Waals surface area contributed by atoms with E-state index in [1.54, 1.807) is 6.20 Å². The van der Waals surface area contributed by atoms with E-state index >= 15 is 0 Å². The van der Waals surface area contributed by atoms with E-state index in [1.807, 2.05) is 23.2 Å². The van der Waals surface area contributed by atoms with Crippen LogP contribution in [0.2, 0.25) is 0 Å². The highest BCUT2D eigenvalue weighted by Crippen LogP contribution is 2.36. The van der Waals surface area contributed by atoms with Crippen LogP contribution in [0.25, 0.3) is 27.2 Å². The van der Waals surface area contributed by atoms with Crippen LogP contribution in [0.15, 0.2) is 49.1 Å². The van der Waals surface area contributed by atoms with E-state index in [1.165, 1.54) is 22.5 Å². The van der Waals surface area contributed by atoms with E-state index in [0.717, 1.165) is 41.0 Å². The molecular formula is C23H25N3O2S. The molecule has 5 nitrogen and oxygen atoms in total. The number of hydrogen-bond donors (Lipinski definition) is 1.